The van der Waals surface area contributed by atoms with Gasteiger partial charge < -0.3 is 9.64 Å². The summed E-state index contributed by atoms with van der Waals surface area (Å²) in [5.74, 6) is -1.00. The molecule has 2 aromatic carbocycles. The van der Waals surface area contributed by atoms with Crippen LogP contribution in [-0.4, -0.2) is 23.1 Å². The van der Waals surface area contributed by atoms with Gasteiger partial charge >= 0.3 is 6.09 Å². The van der Waals surface area contributed by atoms with E-state index in [2.05, 4.69) is 20.4 Å². The average molecular weight is 399 g/mol. The molecule has 3 nitrogen and oxygen atoms in total. The molecule has 1 aliphatic rings. The minimum atomic E-state index is -0.603. The monoisotopic (exact) mass is 399 g/mol. The van der Waals surface area contributed by atoms with E-state index in [1.165, 1.54) is 12.1 Å². The third kappa shape index (κ3) is 4.19. The fraction of sp³-hybridized carbons (Fsp3) is 0.375. The average Bonchev–Trinajstić information content (AvgIpc) is 2.68. The highest BCUT2D eigenvalue weighted by atomic mass is 19.1. The maximum Gasteiger partial charge on any atom is 0.410 e. The van der Waals surface area contributed by atoms with Gasteiger partial charge in [0, 0.05) is 31.0 Å². The van der Waals surface area contributed by atoms with Crippen LogP contribution in [-0.2, 0) is 4.74 Å². The molecule has 1 aliphatic heterocycles. The van der Waals surface area contributed by atoms with Crippen molar-refractivity contribution in [3.63, 3.8) is 0 Å². The summed E-state index contributed by atoms with van der Waals surface area (Å²) in [5.41, 5.74) is 1.42. The van der Waals surface area contributed by atoms with Gasteiger partial charge in [-0.25, -0.2) is 13.6 Å². The number of carbonyl (C=O) groups excluding carboxylic acids is 1. The van der Waals surface area contributed by atoms with Crippen molar-refractivity contribution >= 4 is 6.09 Å². The molecule has 1 amide bonds. The van der Waals surface area contributed by atoms with Gasteiger partial charge in [-0.1, -0.05) is 44.2 Å². The highest BCUT2D eigenvalue weighted by molar-refractivity contribution is 5.70. The molecule has 1 fully saturated rings. The fourth-order valence-electron chi connectivity index (χ4n) is 3.91. The zero-order valence-electron chi connectivity index (χ0n) is 17.1. The van der Waals surface area contributed by atoms with E-state index in [-0.39, 0.29) is 18.1 Å². The Kier molecular flexibility index (Phi) is 6.06. The first-order valence-corrected chi connectivity index (χ1v) is 9.93. The van der Waals surface area contributed by atoms with Crippen LogP contribution in [0.2, 0.25) is 0 Å². The summed E-state index contributed by atoms with van der Waals surface area (Å²) in [6, 6.07) is 10.7. The molecule has 0 bridgehead atoms. The highest BCUT2D eigenvalue weighted by Gasteiger charge is 2.43. The largest absolute Gasteiger partial charge is 0.442 e. The van der Waals surface area contributed by atoms with Gasteiger partial charge in [0.2, 0.25) is 0 Å². The number of cyclic esters (lactones) is 1. The number of hydrogen-bond acceptors (Lipinski definition) is 2. The number of benzene rings is 2. The van der Waals surface area contributed by atoms with E-state index in [0.717, 1.165) is 18.1 Å². The minimum absolute atomic E-state index is 0.177. The summed E-state index contributed by atoms with van der Waals surface area (Å²) in [5, 5.41) is 0. The lowest BCUT2D eigenvalue weighted by Crippen LogP contribution is -2.52. The molecule has 2 atom stereocenters. The Balaban J connectivity index is 1.76. The van der Waals surface area contributed by atoms with Gasteiger partial charge in [0.25, 0.3) is 0 Å². The molecule has 2 aromatic rings. The van der Waals surface area contributed by atoms with Crippen molar-refractivity contribution in [2.75, 3.05) is 6.54 Å². The smallest absolute Gasteiger partial charge is 0.410 e. The number of halogens is 2. The zero-order valence-corrected chi connectivity index (χ0v) is 17.1. The van der Waals surface area contributed by atoms with E-state index in [1.807, 2.05) is 19.1 Å². The third-order valence-electron chi connectivity index (χ3n) is 5.95. The van der Waals surface area contributed by atoms with Gasteiger partial charge in [-0.2, -0.15) is 0 Å². The van der Waals surface area contributed by atoms with Crippen LogP contribution in [0.5, 0.6) is 0 Å². The van der Waals surface area contributed by atoms with Gasteiger partial charge in [-0.3, -0.25) is 0 Å². The lowest BCUT2D eigenvalue weighted by Gasteiger charge is -2.45. The zero-order chi connectivity index (χ0) is 21.2. The lowest BCUT2D eigenvalue weighted by atomic mass is 9.82. The van der Waals surface area contributed by atoms with Gasteiger partial charge in [-0.05, 0) is 36.1 Å². The lowest BCUT2D eigenvalue weighted by molar-refractivity contribution is -0.0805. The van der Waals surface area contributed by atoms with E-state index in [0.29, 0.717) is 24.1 Å². The van der Waals surface area contributed by atoms with Crippen LogP contribution in [0.4, 0.5) is 13.6 Å². The van der Waals surface area contributed by atoms with Crippen molar-refractivity contribution in [1.29, 1.82) is 0 Å². The van der Waals surface area contributed by atoms with Gasteiger partial charge in [0.05, 0.1) is 6.04 Å². The first-order valence-electron chi connectivity index (χ1n) is 9.93. The summed E-state index contributed by atoms with van der Waals surface area (Å²) >= 11 is 0. The normalized spacial score (nSPS) is 20.5. The fourth-order valence-corrected chi connectivity index (χ4v) is 3.91. The summed E-state index contributed by atoms with van der Waals surface area (Å²) < 4.78 is 33.0. The molecule has 0 saturated carbocycles. The van der Waals surface area contributed by atoms with Gasteiger partial charge in [-0.15, -0.1) is 6.58 Å². The Morgan fingerprint density at radius 2 is 1.86 bits per heavy atom. The first-order chi connectivity index (χ1) is 13.8. The van der Waals surface area contributed by atoms with Crippen molar-refractivity contribution in [3.8, 4) is 11.1 Å². The molecule has 29 heavy (non-hydrogen) atoms. The molecule has 0 radical (unpaired) electrons. The first kappa shape index (κ1) is 21.0. The SMILES string of the molecule is C=CCC1(C(C)C)CCN([C@@H](C)c2ccc(-c3ccc(F)cc3F)cc2)C(=O)O1. The second-order valence-electron chi connectivity index (χ2n) is 7.95. The Labute approximate surface area is 171 Å². The van der Waals surface area contributed by atoms with Crippen molar-refractivity contribution in [1.82, 2.24) is 4.90 Å². The van der Waals surface area contributed by atoms with E-state index in [1.54, 1.807) is 23.1 Å². The molecular formula is C24H27F2NO2. The maximum absolute atomic E-state index is 14.0. The number of hydrogen-bond donors (Lipinski definition) is 0. The van der Waals surface area contributed by atoms with Gasteiger partial charge in [0.1, 0.15) is 17.2 Å². The molecule has 0 aliphatic carbocycles. The van der Waals surface area contributed by atoms with Crippen LogP contribution >= 0.6 is 0 Å². The van der Waals surface area contributed by atoms with Crippen LogP contribution in [0.1, 0.15) is 45.2 Å². The van der Waals surface area contributed by atoms with Crippen molar-refractivity contribution < 1.29 is 18.3 Å². The second kappa shape index (κ2) is 8.36. The van der Waals surface area contributed by atoms with Crippen molar-refractivity contribution in [2.45, 2.75) is 45.3 Å². The molecule has 0 spiro atoms. The second-order valence-corrected chi connectivity index (χ2v) is 7.95. The molecule has 1 saturated heterocycles. The Bertz CT molecular complexity index is 894. The van der Waals surface area contributed by atoms with Gasteiger partial charge in [0.15, 0.2) is 0 Å². The summed E-state index contributed by atoms with van der Waals surface area (Å²) in [6.45, 7) is 10.5. The molecule has 154 valence electrons. The van der Waals surface area contributed by atoms with Crippen LogP contribution in [0.3, 0.4) is 0 Å². The van der Waals surface area contributed by atoms with Crippen LogP contribution < -0.4 is 0 Å². The van der Waals surface area contributed by atoms with Crippen LogP contribution in [0.15, 0.2) is 55.1 Å². The Hall–Kier alpha value is -2.69. The van der Waals surface area contributed by atoms with Crippen LogP contribution in [0.25, 0.3) is 11.1 Å². The molecule has 1 heterocycles. The summed E-state index contributed by atoms with van der Waals surface area (Å²) in [7, 11) is 0. The summed E-state index contributed by atoms with van der Waals surface area (Å²) in [4.78, 5) is 14.5. The number of rotatable bonds is 6. The Morgan fingerprint density at radius 3 is 2.41 bits per heavy atom. The third-order valence-corrected chi connectivity index (χ3v) is 5.95. The Morgan fingerprint density at radius 1 is 1.17 bits per heavy atom. The van der Waals surface area contributed by atoms with Crippen molar-refractivity contribution in [3.05, 3.63) is 72.3 Å². The number of ether oxygens (including phenoxy) is 1. The standard InChI is InChI=1S/C24H27F2NO2/c1-5-12-24(16(2)3)13-14-27(23(28)29-24)17(4)18-6-8-19(9-7-18)21-11-10-20(25)15-22(21)26/h5-11,15-17H,1,12-14H2,2-4H3/t17-,24?/m0/s1. The predicted molar refractivity (Wildman–Crippen MR) is 110 cm³/mol. The molecule has 0 aromatic heterocycles. The van der Waals surface area contributed by atoms with Crippen molar-refractivity contribution in [2.24, 2.45) is 5.92 Å². The van der Waals surface area contributed by atoms with E-state index < -0.39 is 17.2 Å². The highest BCUT2D eigenvalue weighted by Crippen LogP contribution is 2.37. The maximum atomic E-state index is 14.0. The molecule has 0 N–H and O–H groups in total. The van der Waals surface area contributed by atoms with Crippen LogP contribution in [0, 0.1) is 17.6 Å². The molecule has 5 heteroatoms. The van der Waals surface area contributed by atoms with E-state index in [4.69, 9.17) is 4.74 Å². The number of carbonyl (C=O) groups is 1. The van der Waals surface area contributed by atoms with E-state index >= 15 is 0 Å². The molecular weight excluding hydrogens is 372 g/mol. The topological polar surface area (TPSA) is 29.5 Å². The predicted octanol–water partition coefficient (Wildman–Crippen LogP) is 6.51. The van der Waals surface area contributed by atoms with E-state index in [9.17, 15) is 13.6 Å². The quantitative estimate of drug-likeness (QED) is 0.519. The molecule has 1 unspecified atom stereocenters. The molecule has 3 rings (SSSR count). The number of nitrogens with zero attached hydrogens (tertiary/aromatic N) is 1. The summed E-state index contributed by atoms with van der Waals surface area (Å²) in [6.07, 6.45) is 2.86. The number of amides is 1. The minimum Gasteiger partial charge on any atom is -0.442 e.